The van der Waals surface area contributed by atoms with Crippen LogP contribution in [0.2, 0.25) is 0 Å². The summed E-state index contributed by atoms with van der Waals surface area (Å²) in [5, 5.41) is 3.84. The number of para-hydroxylation sites is 1. The summed E-state index contributed by atoms with van der Waals surface area (Å²) in [7, 11) is -3.44. The number of sulfonamides is 1. The van der Waals surface area contributed by atoms with Crippen molar-refractivity contribution in [2.24, 2.45) is 0 Å². The Morgan fingerprint density at radius 1 is 1.12 bits per heavy atom. The number of ether oxygens (including phenoxy) is 1. The molecule has 1 aliphatic heterocycles. The zero-order valence-electron chi connectivity index (χ0n) is 15.4. The van der Waals surface area contributed by atoms with Crippen LogP contribution in [0.4, 0.5) is 5.69 Å². The van der Waals surface area contributed by atoms with Crippen LogP contribution < -0.4 is 4.90 Å². The maximum Gasteiger partial charge on any atom is 0.238 e. The molecule has 8 heteroatoms. The van der Waals surface area contributed by atoms with E-state index in [2.05, 4.69) is 29.1 Å². The van der Waals surface area contributed by atoms with Crippen LogP contribution in [0.25, 0.3) is 0 Å². The number of anilines is 1. The van der Waals surface area contributed by atoms with Crippen molar-refractivity contribution in [3.05, 3.63) is 46.8 Å². The summed E-state index contributed by atoms with van der Waals surface area (Å²) in [5.74, 6) is 0.327. The van der Waals surface area contributed by atoms with Crippen LogP contribution in [0.15, 0.2) is 28.8 Å². The molecule has 0 spiro atoms. The molecule has 1 saturated heterocycles. The molecule has 2 aromatic rings. The molecular formula is C18H25N3O4S. The van der Waals surface area contributed by atoms with Crippen LogP contribution in [0.5, 0.6) is 0 Å². The van der Waals surface area contributed by atoms with Crippen LogP contribution in [0.1, 0.15) is 22.6 Å². The van der Waals surface area contributed by atoms with Crippen molar-refractivity contribution in [3.8, 4) is 0 Å². The maximum atomic E-state index is 12.5. The molecule has 0 unspecified atom stereocenters. The van der Waals surface area contributed by atoms with Gasteiger partial charge in [-0.1, -0.05) is 23.4 Å². The third-order valence-electron chi connectivity index (χ3n) is 4.75. The first-order valence-corrected chi connectivity index (χ1v) is 10.3. The fourth-order valence-electron chi connectivity index (χ4n) is 3.16. The Kier molecular flexibility index (Phi) is 5.64. The second-order valence-electron chi connectivity index (χ2n) is 6.55. The van der Waals surface area contributed by atoms with Gasteiger partial charge in [0.25, 0.3) is 0 Å². The first kappa shape index (κ1) is 18.9. The Hall–Kier alpha value is -1.90. The Morgan fingerprint density at radius 2 is 1.81 bits per heavy atom. The SMILES string of the molecule is Cc1ccccc1N1CCN(S(=O)(=O)COCc2c(C)noc2C)CC1. The number of aromatic nitrogens is 1. The van der Waals surface area contributed by atoms with E-state index in [-0.39, 0.29) is 12.5 Å². The number of benzene rings is 1. The Balaban J connectivity index is 1.54. The van der Waals surface area contributed by atoms with Crippen LogP contribution >= 0.6 is 0 Å². The van der Waals surface area contributed by atoms with E-state index in [0.29, 0.717) is 31.9 Å². The highest BCUT2D eigenvalue weighted by molar-refractivity contribution is 7.88. The van der Waals surface area contributed by atoms with Crippen molar-refractivity contribution in [1.82, 2.24) is 9.46 Å². The van der Waals surface area contributed by atoms with Crippen LogP contribution in [0, 0.1) is 20.8 Å². The van der Waals surface area contributed by atoms with E-state index in [0.717, 1.165) is 11.3 Å². The van der Waals surface area contributed by atoms with Crippen molar-refractivity contribution in [2.75, 3.05) is 37.0 Å². The molecule has 2 heterocycles. The van der Waals surface area contributed by atoms with Crippen LogP contribution in [-0.2, 0) is 21.4 Å². The Morgan fingerprint density at radius 3 is 2.42 bits per heavy atom. The second-order valence-corrected chi connectivity index (χ2v) is 8.47. The molecule has 1 fully saturated rings. The largest absolute Gasteiger partial charge is 0.369 e. The van der Waals surface area contributed by atoms with Gasteiger partial charge in [-0.25, -0.2) is 8.42 Å². The molecule has 0 amide bonds. The third-order valence-corrected chi connectivity index (χ3v) is 6.36. The number of rotatable bonds is 6. The van der Waals surface area contributed by atoms with Crippen molar-refractivity contribution in [1.29, 1.82) is 0 Å². The van der Waals surface area contributed by atoms with E-state index in [9.17, 15) is 8.42 Å². The van der Waals surface area contributed by atoms with Gasteiger partial charge in [-0.3, -0.25) is 0 Å². The number of piperazine rings is 1. The number of hydrogen-bond donors (Lipinski definition) is 0. The summed E-state index contributed by atoms with van der Waals surface area (Å²) < 4.78 is 37.1. The molecule has 3 rings (SSSR count). The van der Waals surface area contributed by atoms with E-state index in [1.165, 1.54) is 15.6 Å². The van der Waals surface area contributed by atoms with Gasteiger partial charge in [-0.2, -0.15) is 4.31 Å². The summed E-state index contributed by atoms with van der Waals surface area (Å²) in [6, 6.07) is 8.16. The minimum atomic E-state index is -3.44. The first-order chi connectivity index (χ1) is 12.4. The normalized spacial score (nSPS) is 16.2. The van der Waals surface area contributed by atoms with Gasteiger partial charge in [0.15, 0.2) is 5.94 Å². The molecule has 0 radical (unpaired) electrons. The summed E-state index contributed by atoms with van der Waals surface area (Å²) in [6.45, 7) is 8.13. The smallest absolute Gasteiger partial charge is 0.238 e. The zero-order valence-corrected chi connectivity index (χ0v) is 16.3. The lowest BCUT2D eigenvalue weighted by atomic mass is 10.1. The average molecular weight is 379 g/mol. The van der Waals surface area contributed by atoms with E-state index in [1.807, 2.05) is 19.1 Å². The van der Waals surface area contributed by atoms with Crippen molar-refractivity contribution < 1.29 is 17.7 Å². The highest BCUT2D eigenvalue weighted by Crippen LogP contribution is 2.22. The molecule has 7 nitrogen and oxygen atoms in total. The van der Waals surface area contributed by atoms with Gasteiger partial charge in [-0.05, 0) is 32.4 Å². The summed E-state index contributed by atoms with van der Waals surface area (Å²) in [5.41, 5.74) is 3.90. The van der Waals surface area contributed by atoms with Gasteiger partial charge >= 0.3 is 0 Å². The highest BCUT2D eigenvalue weighted by atomic mass is 32.2. The lowest BCUT2D eigenvalue weighted by molar-refractivity contribution is 0.156. The third kappa shape index (κ3) is 4.08. The molecular weight excluding hydrogens is 354 g/mol. The molecule has 0 N–H and O–H groups in total. The molecule has 0 aliphatic carbocycles. The maximum absolute atomic E-state index is 12.5. The van der Waals surface area contributed by atoms with Crippen molar-refractivity contribution >= 4 is 15.7 Å². The van der Waals surface area contributed by atoms with Crippen molar-refractivity contribution in [3.63, 3.8) is 0 Å². The van der Waals surface area contributed by atoms with E-state index in [4.69, 9.17) is 9.26 Å². The van der Waals surface area contributed by atoms with Gasteiger partial charge in [-0.15, -0.1) is 0 Å². The number of nitrogens with zero attached hydrogens (tertiary/aromatic N) is 3. The second kappa shape index (κ2) is 7.77. The van der Waals surface area contributed by atoms with Gasteiger partial charge in [0.2, 0.25) is 10.0 Å². The van der Waals surface area contributed by atoms with E-state index >= 15 is 0 Å². The summed E-state index contributed by atoms with van der Waals surface area (Å²) in [4.78, 5) is 2.23. The van der Waals surface area contributed by atoms with Crippen molar-refractivity contribution in [2.45, 2.75) is 27.4 Å². The van der Waals surface area contributed by atoms with E-state index in [1.54, 1.807) is 6.92 Å². The molecule has 1 aliphatic rings. The number of aryl methyl sites for hydroxylation is 3. The van der Waals surface area contributed by atoms with Gasteiger partial charge in [0, 0.05) is 37.4 Å². The van der Waals surface area contributed by atoms with Crippen LogP contribution in [0.3, 0.4) is 0 Å². The highest BCUT2D eigenvalue weighted by Gasteiger charge is 2.27. The molecule has 1 aromatic carbocycles. The zero-order chi connectivity index (χ0) is 18.7. The average Bonchev–Trinajstić information content (AvgIpc) is 2.94. The molecule has 26 heavy (non-hydrogen) atoms. The molecule has 0 saturated carbocycles. The molecule has 142 valence electrons. The quantitative estimate of drug-likeness (QED) is 0.766. The Labute approximate surface area is 154 Å². The fourth-order valence-corrected chi connectivity index (χ4v) is 4.32. The summed E-state index contributed by atoms with van der Waals surface area (Å²) in [6.07, 6.45) is 0. The monoisotopic (exact) mass is 379 g/mol. The Bertz CT molecular complexity index is 836. The molecule has 0 bridgehead atoms. The van der Waals surface area contributed by atoms with Gasteiger partial charge in [0.1, 0.15) is 5.76 Å². The minimum absolute atomic E-state index is 0.184. The lowest BCUT2D eigenvalue weighted by Crippen LogP contribution is -2.49. The topological polar surface area (TPSA) is 75.9 Å². The summed E-state index contributed by atoms with van der Waals surface area (Å²) >= 11 is 0. The minimum Gasteiger partial charge on any atom is -0.369 e. The fraction of sp³-hybridized carbons (Fsp3) is 0.500. The van der Waals surface area contributed by atoms with Crippen LogP contribution in [-0.4, -0.2) is 50.0 Å². The molecule has 1 aromatic heterocycles. The lowest BCUT2D eigenvalue weighted by Gasteiger charge is -2.36. The van der Waals surface area contributed by atoms with Gasteiger partial charge in [0.05, 0.1) is 12.3 Å². The predicted molar refractivity (Wildman–Crippen MR) is 99.5 cm³/mol. The van der Waals surface area contributed by atoms with E-state index < -0.39 is 10.0 Å². The molecule has 0 atom stereocenters. The standard InChI is InChI=1S/C18H25N3O4S/c1-14-6-4-5-7-18(14)20-8-10-21(11-9-20)26(22,23)13-24-12-17-15(2)19-25-16(17)3/h4-7H,8-13H2,1-3H3. The predicted octanol–water partition coefficient (Wildman–Crippen LogP) is 2.23. The first-order valence-electron chi connectivity index (χ1n) is 8.66. The number of hydrogen-bond acceptors (Lipinski definition) is 6. The van der Waals surface area contributed by atoms with Gasteiger partial charge < -0.3 is 14.2 Å².